The van der Waals surface area contributed by atoms with Gasteiger partial charge < -0.3 is 9.72 Å². The normalized spacial score (nSPS) is 11.0. The highest BCUT2D eigenvalue weighted by atomic mass is 16.5. The van der Waals surface area contributed by atoms with Crippen LogP contribution in [-0.2, 0) is 6.61 Å². The molecule has 1 aromatic heterocycles. The number of pyridine rings is 1. The SMILES string of the molecule is O=c1ccc2cccc(OCc3cccc4ccccc34)c2[nH]1. The van der Waals surface area contributed by atoms with Crippen molar-refractivity contribution in [2.75, 3.05) is 0 Å². The smallest absolute Gasteiger partial charge is 0.248 e. The average molecular weight is 301 g/mol. The molecule has 0 amide bonds. The maximum Gasteiger partial charge on any atom is 0.248 e. The van der Waals surface area contributed by atoms with Crippen LogP contribution in [0.15, 0.2) is 77.6 Å². The molecule has 0 aliphatic heterocycles. The van der Waals surface area contributed by atoms with E-state index in [-0.39, 0.29) is 5.56 Å². The number of rotatable bonds is 3. The molecular formula is C20H15NO2. The summed E-state index contributed by atoms with van der Waals surface area (Å²) in [6, 6.07) is 23.5. The Morgan fingerprint density at radius 3 is 2.52 bits per heavy atom. The first kappa shape index (κ1) is 13.6. The highest BCUT2D eigenvalue weighted by molar-refractivity contribution is 5.86. The fourth-order valence-electron chi connectivity index (χ4n) is 2.85. The Morgan fingerprint density at radius 1 is 0.783 bits per heavy atom. The summed E-state index contributed by atoms with van der Waals surface area (Å²) in [4.78, 5) is 14.4. The monoisotopic (exact) mass is 301 g/mol. The van der Waals surface area contributed by atoms with Gasteiger partial charge in [-0.1, -0.05) is 54.6 Å². The molecule has 3 aromatic carbocycles. The van der Waals surface area contributed by atoms with Gasteiger partial charge in [-0.15, -0.1) is 0 Å². The highest BCUT2D eigenvalue weighted by Crippen LogP contribution is 2.25. The molecule has 0 radical (unpaired) electrons. The summed E-state index contributed by atoms with van der Waals surface area (Å²) in [5.41, 5.74) is 1.73. The number of benzene rings is 3. The van der Waals surface area contributed by atoms with Gasteiger partial charge in [0.2, 0.25) is 5.56 Å². The average Bonchev–Trinajstić information content (AvgIpc) is 2.60. The van der Waals surface area contributed by atoms with Crippen molar-refractivity contribution in [2.45, 2.75) is 6.61 Å². The Bertz CT molecular complexity index is 1040. The molecule has 0 atom stereocenters. The van der Waals surface area contributed by atoms with Crippen molar-refractivity contribution in [3.63, 3.8) is 0 Å². The molecule has 0 unspecified atom stereocenters. The first-order chi connectivity index (χ1) is 11.3. The molecule has 0 fully saturated rings. The van der Waals surface area contributed by atoms with E-state index in [2.05, 4.69) is 29.2 Å². The topological polar surface area (TPSA) is 42.1 Å². The van der Waals surface area contributed by atoms with Crippen LogP contribution in [0.4, 0.5) is 0 Å². The van der Waals surface area contributed by atoms with Gasteiger partial charge in [0.05, 0.1) is 5.52 Å². The summed E-state index contributed by atoms with van der Waals surface area (Å²) in [6.07, 6.45) is 0. The molecule has 0 bridgehead atoms. The van der Waals surface area contributed by atoms with Gasteiger partial charge in [0.15, 0.2) is 0 Å². The zero-order chi connectivity index (χ0) is 15.6. The molecule has 4 rings (SSSR count). The molecular weight excluding hydrogens is 286 g/mol. The number of para-hydroxylation sites is 1. The van der Waals surface area contributed by atoms with E-state index in [0.717, 1.165) is 16.5 Å². The van der Waals surface area contributed by atoms with Crippen molar-refractivity contribution < 1.29 is 4.74 Å². The second-order valence-corrected chi connectivity index (χ2v) is 5.47. The standard InChI is InChI=1S/C20H15NO2/c22-19-12-11-15-7-4-10-18(20(15)21-19)23-13-16-8-3-6-14-5-1-2-9-17(14)16/h1-12H,13H2,(H,21,22). The van der Waals surface area contributed by atoms with E-state index < -0.39 is 0 Å². The van der Waals surface area contributed by atoms with Crippen molar-refractivity contribution in [1.29, 1.82) is 0 Å². The second kappa shape index (κ2) is 5.61. The van der Waals surface area contributed by atoms with Gasteiger partial charge in [-0.2, -0.15) is 0 Å². The van der Waals surface area contributed by atoms with Gasteiger partial charge >= 0.3 is 0 Å². The van der Waals surface area contributed by atoms with Crippen molar-refractivity contribution in [1.82, 2.24) is 4.98 Å². The minimum Gasteiger partial charge on any atom is -0.487 e. The van der Waals surface area contributed by atoms with Gasteiger partial charge in [0.1, 0.15) is 12.4 Å². The van der Waals surface area contributed by atoms with Gasteiger partial charge in [-0.25, -0.2) is 0 Å². The van der Waals surface area contributed by atoms with Gasteiger partial charge in [-0.05, 0) is 28.5 Å². The molecule has 1 N–H and O–H groups in total. The highest BCUT2D eigenvalue weighted by Gasteiger charge is 2.05. The van der Waals surface area contributed by atoms with E-state index in [9.17, 15) is 4.79 Å². The number of hydrogen-bond acceptors (Lipinski definition) is 2. The van der Waals surface area contributed by atoms with Crippen LogP contribution in [0, 0.1) is 0 Å². The van der Waals surface area contributed by atoms with Crippen molar-refractivity contribution in [2.24, 2.45) is 0 Å². The predicted octanol–water partition coefficient (Wildman–Crippen LogP) is 4.26. The first-order valence-electron chi connectivity index (χ1n) is 7.53. The lowest BCUT2D eigenvalue weighted by Gasteiger charge is -2.11. The van der Waals surface area contributed by atoms with E-state index >= 15 is 0 Å². The van der Waals surface area contributed by atoms with E-state index in [1.807, 2.05) is 36.4 Å². The minimum absolute atomic E-state index is 0.126. The lowest BCUT2D eigenvalue weighted by Crippen LogP contribution is -2.04. The van der Waals surface area contributed by atoms with E-state index in [0.29, 0.717) is 12.4 Å². The van der Waals surface area contributed by atoms with Gasteiger partial charge in [0.25, 0.3) is 0 Å². The van der Waals surface area contributed by atoms with Crippen LogP contribution in [0.1, 0.15) is 5.56 Å². The van der Waals surface area contributed by atoms with E-state index in [1.165, 1.54) is 16.8 Å². The molecule has 3 nitrogen and oxygen atoms in total. The number of nitrogens with one attached hydrogen (secondary N) is 1. The number of aromatic amines is 1. The Balaban J connectivity index is 1.71. The molecule has 3 heteroatoms. The molecule has 1 heterocycles. The summed E-state index contributed by atoms with van der Waals surface area (Å²) in [5, 5.41) is 3.34. The lowest BCUT2D eigenvalue weighted by molar-refractivity contribution is 0.311. The minimum atomic E-state index is -0.126. The van der Waals surface area contributed by atoms with Crippen molar-refractivity contribution in [3.8, 4) is 5.75 Å². The maximum absolute atomic E-state index is 11.6. The summed E-state index contributed by atoms with van der Waals surface area (Å²) < 4.78 is 6.00. The molecule has 0 spiro atoms. The quantitative estimate of drug-likeness (QED) is 0.614. The van der Waals surface area contributed by atoms with E-state index in [4.69, 9.17) is 4.74 Å². The van der Waals surface area contributed by atoms with Crippen molar-refractivity contribution >= 4 is 21.7 Å². The van der Waals surface area contributed by atoms with Crippen LogP contribution in [0.3, 0.4) is 0 Å². The molecule has 0 saturated heterocycles. The Hall–Kier alpha value is -3.07. The Kier molecular flexibility index (Phi) is 3.31. The van der Waals surface area contributed by atoms with Crippen LogP contribution in [-0.4, -0.2) is 4.98 Å². The van der Waals surface area contributed by atoms with Gasteiger partial charge in [0, 0.05) is 11.5 Å². The number of hydrogen-bond donors (Lipinski definition) is 1. The van der Waals surface area contributed by atoms with Crippen molar-refractivity contribution in [3.05, 3.63) is 88.7 Å². The third-order valence-corrected chi connectivity index (χ3v) is 3.98. The number of fused-ring (bicyclic) bond motifs is 2. The second-order valence-electron chi connectivity index (χ2n) is 5.47. The fourth-order valence-corrected chi connectivity index (χ4v) is 2.85. The molecule has 23 heavy (non-hydrogen) atoms. The van der Waals surface area contributed by atoms with Gasteiger partial charge in [-0.3, -0.25) is 4.79 Å². The molecule has 0 aliphatic carbocycles. The maximum atomic E-state index is 11.6. The first-order valence-corrected chi connectivity index (χ1v) is 7.53. The third-order valence-electron chi connectivity index (χ3n) is 3.98. The van der Waals surface area contributed by atoms with Crippen LogP contribution in [0.5, 0.6) is 5.75 Å². The zero-order valence-corrected chi connectivity index (χ0v) is 12.5. The Morgan fingerprint density at radius 2 is 1.57 bits per heavy atom. The zero-order valence-electron chi connectivity index (χ0n) is 12.5. The summed E-state index contributed by atoms with van der Waals surface area (Å²) in [7, 11) is 0. The Labute approximate surface area is 133 Å². The third kappa shape index (κ3) is 2.57. The number of H-pyrrole nitrogens is 1. The van der Waals surface area contributed by atoms with Crippen LogP contribution >= 0.6 is 0 Å². The lowest BCUT2D eigenvalue weighted by atomic mass is 10.1. The van der Waals surface area contributed by atoms with Crippen LogP contribution in [0.2, 0.25) is 0 Å². The summed E-state index contributed by atoms with van der Waals surface area (Å²) in [5.74, 6) is 0.688. The molecule has 0 aliphatic rings. The number of aromatic nitrogens is 1. The number of ether oxygens (including phenoxy) is 1. The van der Waals surface area contributed by atoms with Crippen LogP contribution < -0.4 is 10.3 Å². The summed E-state index contributed by atoms with van der Waals surface area (Å²) >= 11 is 0. The van der Waals surface area contributed by atoms with E-state index in [1.54, 1.807) is 6.07 Å². The predicted molar refractivity (Wildman–Crippen MR) is 92.8 cm³/mol. The molecule has 4 aromatic rings. The molecule has 112 valence electrons. The fraction of sp³-hybridized carbons (Fsp3) is 0.0500. The summed E-state index contributed by atoms with van der Waals surface area (Å²) in [6.45, 7) is 0.456. The van der Waals surface area contributed by atoms with Crippen LogP contribution in [0.25, 0.3) is 21.7 Å². The molecule has 0 saturated carbocycles. The largest absolute Gasteiger partial charge is 0.487 e.